The lowest BCUT2D eigenvalue weighted by molar-refractivity contribution is -0.137. The van der Waals surface area contributed by atoms with E-state index >= 15 is 0 Å². The van der Waals surface area contributed by atoms with Gasteiger partial charge in [0.15, 0.2) is 0 Å². The van der Waals surface area contributed by atoms with Crippen molar-refractivity contribution in [1.82, 2.24) is 4.90 Å². The number of methoxy groups -OCH3 is 1. The maximum atomic E-state index is 12.6. The minimum atomic E-state index is -4.45. The molecule has 5 nitrogen and oxygen atoms in total. The van der Waals surface area contributed by atoms with Gasteiger partial charge in [-0.1, -0.05) is 6.07 Å². The van der Waals surface area contributed by atoms with Crippen LogP contribution in [0.4, 0.5) is 23.7 Å². The van der Waals surface area contributed by atoms with Crippen LogP contribution in [-0.2, 0) is 10.9 Å². The number of alkyl halides is 3. The van der Waals surface area contributed by atoms with Crippen LogP contribution in [-0.4, -0.2) is 44.3 Å². The van der Waals surface area contributed by atoms with E-state index < -0.39 is 17.8 Å². The average Bonchev–Trinajstić information content (AvgIpc) is 2.42. The molecule has 0 aliphatic heterocycles. The zero-order valence-corrected chi connectivity index (χ0v) is 11.6. The van der Waals surface area contributed by atoms with Gasteiger partial charge in [-0.2, -0.15) is 13.2 Å². The number of benzene rings is 1. The van der Waals surface area contributed by atoms with Crippen LogP contribution < -0.4 is 11.1 Å². The third-order valence-corrected chi connectivity index (χ3v) is 2.69. The molecule has 1 rings (SSSR count). The Hall–Kier alpha value is -1.80. The summed E-state index contributed by atoms with van der Waals surface area (Å²) in [4.78, 5) is 13.4. The monoisotopic (exact) mass is 305 g/mol. The van der Waals surface area contributed by atoms with Gasteiger partial charge in [0.05, 0.1) is 12.2 Å². The number of carbonyl (C=O) groups excluding carboxylic acids is 1. The number of carbonyl (C=O) groups is 1. The number of halogens is 3. The molecule has 21 heavy (non-hydrogen) atoms. The van der Waals surface area contributed by atoms with Gasteiger partial charge in [-0.25, -0.2) is 4.79 Å². The van der Waals surface area contributed by atoms with Crippen molar-refractivity contribution in [3.63, 3.8) is 0 Å². The van der Waals surface area contributed by atoms with Crippen molar-refractivity contribution in [2.75, 3.05) is 38.7 Å². The first-order valence-corrected chi connectivity index (χ1v) is 6.30. The average molecular weight is 305 g/mol. The topological polar surface area (TPSA) is 67.6 Å². The molecule has 1 aromatic carbocycles. The van der Waals surface area contributed by atoms with E-state index in [1.807, 2.05) is 0 Å². The Labute approximate surface area is 120 Å². The Morgan fingerprint density at radius 2 is 2.10 bits per heavy atom. The molecule has 0 unspecified atom stereocenters. The van der Waals surface area contributed by atoms with Crippen molar-refractivity contribution in [2.45, 2.75) is 6.18 Å². The molecule has 118 valence electrons. The molecule has 2 amide bonds. The number of nitrogens with one attached hydrogen (secondary N) is 1. The smallest absolute Gasteiger partial charge is 0.383 e. The van der Waals surface area contributed by atoms with E-state index in [1.165, 1.54) is 24.1 Å². The number of hydrogen-bond acceptors (Lipinski definition) is 3. The van der Waals surface area contributed by atoms with E-state index in [4.69, 9.17) is 10.5 Å². The Morgan fingerprint density at radius 3 is 2.67 bits per heavy atom. The highest BCUT2D eigenvalue weighted by atomic mass is 19.4. The van der Waals surface area contributed by atoms with Gasteiger partial charge in [-0.15, -0.1) is 0 Å². The predicted octanol–water partition coefficient (Wildman–Crippen LogP) is 2.14. The minimum Gasteiger partial charge on any atom is -0.383 e. The van der Waals surface area contributed by atoms with Crippen LogP contribution >= 0.6 is 0 Å². The Balaban J connectivity index is 2.76. The minimum absolute atomic E-state index is 0.0780. The van der Waals surface area contributed by atoms with Gasteiger partial charge < -0.3 is 20.7 Å². The molecule has 0 atom stereocenters. The number of anilines is 1. The molecular weight excluding hydrogens is 287 g/mol. The van der Waals surface area contributed by atoms with Gasteiger partial charge in [0.1, 0.15) is 0 Å². The van der Waals surface area contributed by atoms with Crippen LogP contribution in [0.1, 0.15) is 5.56 Å². The van der Waals surface area contributed by atoms with E-state index in [9.17, 15) is 18.0 Å². The first kappa shape index (κ1) is 17.3. The molecule has 3 N–H and O–H groups in total. The lowest BCUT2D eigenvalue weighted by atomic mass is 10.2. The molecule has 0 bridgehead atoms. The summed E-state index contributed by atoms with van der Waals surface area (Å²) in [5.74, 6) is 0. The third-order valence-electron chi connectivity index (χ3n) is 2.69. The summed E-state index contributed by atoms with van der Waals surface area (Å²) >= 11 is 0. The van der Waals surface area contributed by atoms with E-state index in [0.717, 1.165) is 12.1 Å². The maximum Gasteiger partial charge on any atom is 0.416 e. The zero-order valence-electron chi connectivity index (χ0n) is 11.6. The van der Waals surface area contributed by atoms with E-state index in [-0.39, 0.29) is 18.8 Å². The highest BCUT2D eigenvalue weighted by Gasteiger charge is 2.30. The second kappa shape index (κ2) is 7.84. The molecule has 1 aromatic rings. The summed E-state index contributed by atoms with van der Waals surface area (Å²) in [6.45, 7) is 1.16. The summed E-state index contributed by atoms with van der Waals surface area (Å²) < 4.78 is 42.7. The molecule has 0 radical (unpaired) electrons. The van der Waals surface area contributed by atoms with Gasteiger partial charge in [-0.05, 0) is 18.2 Å². The molecule has 0 heterocycles. The second-order valence-corrected chi connectivity index (χ2v) is 4.28. The summed E-state index contributed by atoms with van der Waals surface area (Å²) in [5, 5.41) is 2.42. The Bertz CT molecular complexity index is 466. The quantitative estimate of drug-likeness (QED) is 0.846. The third kappa shape index (κ3) is 5.60. The molecule has 8 heteroatoms. The number of hydrogen-bond donors (Lipinski definition) is 2. The van der Waals surface area contributed by atoms with Crippen molar-refractivity contribution < 1.29 is 22.7 Å². The molecule has 0 aromatic heterocycles. The normalized spacial score (nSPS) is 11.3. The lowest BCUT2D eigenvalue weighted by Crippen LogP contribution is -2.40. The standard InChI is InChI=1S/C13H18F3N3O2/c1-21-8-7-19(6-5-17)12(20)18-11-4-2-3-10(9-11)13(14,15)16/h2-4,9H,5-8,17H2,1H3,(H,18,20). The number of rotatable bonds is 6. The highest BCUT2D eigenvalue weighted by molar-refractivity contribution is 5.89. The largest absolute Gasteiger partial charge is 0.416 e. The predicted molar refractivity (Wildman–Crippen MR) is 73.0 cm³/mol. The second-order valence-electron chi connectivity index (χ2n) is 4.28. The van der Waals surface area contributed by atoms with Gasteiger partial charge in [0.25, 0.3) is 0 Å². The van der Waals surface area contributed by atoms with Crippen molar-refractivity contribution in [1.29, 1.82) is 0 Å². The molecule has 0 saturated carbocycles. The fraction of sp³-hybridized carbons (Fsp3) is 0.462. The maximum absolute atomic E-state index is 12.6. The fourth-order valence-corrected chi connectivity index (χ4v) is 1.65. The van der Waals surface area contributed by atoms with Crippen LogP contribution in [0, 0.1) is 0 Å². The van der Waals surface area contributed by atoms with E-state index in [0.29, 0.717) is 13.2 Å². The molecule has 0 aliphatic carbocycles. The van der Waals surface area contributed by atoms with Crippen molar-refractivity contribution >= 4 is 11.7 Å². The van der Waals surface area contributed by atoms with Crippen molar-refractivity contribution in [2.24, 2.45) is 5.73 Å². The number of urea groups is 1. The molecule has 0 saturated heterocycles. The number of amides is 2. The number of nitrogens with zero attached hydrogens (tertiary/aromatic N) is 1. The lowest BCUT2D eigenvalue weighted by Gasteiger charge is -2.22. The van der Waals surface area contributed by atoms with E-state index in [2.05, 4.69) is 5.32 Å². The molecular formula is C13H18F3N3O2. The highest BCUT2D eigenvalue weighted by Crippen LogP contribution is 2.30. The summed E-state index contributed by atoms with van der Waals surface area (Å²) in [5.41, 5.74) is 4.66. The van der Waals surface area contributed by atoms with Crippen molar-refractivity contribution in [3.8, 4) is 0 Å². The van der Waals surface area contributed by atoms with Gasteiger partial charge in [0.2, 0.25) is 0 Å². The molecule has 0 fully saturated rings. The van der Waals surface area contributed by atoms with Crippen LogP contribution in [0.15, 0.2) is 24.3 Å². The van der Waals surface area contributed by atoms with Gasteiger partial charge >= 0.3 is 12.2 Å². The zero-order chi connectivity index (χ0) is 15.9. The SMILES string of the molecule is COCCN(CCN)C(=O)Nc1cccc(C(F)(F)F)c1. The molecule has 0 spiro atoms. The fourth-order valence-electron chi connectivity index (χ4n) is 1.65. The number of nitrogens with two attached hydrogens (primary N) is 1. The van der Waals surface area contributed by atoms with Crippen LogP contribution in [0.5, 0.6) is 0 Å². The van der Waals surface area contributed by atoms with E-state index in [1.54, 1.807) is 0 Å². The Morgan fingerprint density at radius 1 is 1.38 bits per heavy atom. The number of ether oxygens (including phenoxy) is 1. The summed E-state index contributed by atoms with van der Waals surface area (Å²) in [7, 11) is 1.49. The first-order valence-electron chi connectivity index (χ1n) is 6.30. The van der Waals surface area contributed by atoms with Gasteiger partial charge in [-0.3, -0.25) is 0 Å². The molecule has 0 aliphatic rings. The van der Waals surface area contributed by atoms with Crippen molar-refractivity contribution in [3.05, 3.63) is 29.8 Å². The van der Waals surface area contributed by atoms with Gasteiger partial charge in [0, 0.05) is 32.4 Å². The van der Waals surface area contributed by atoms with Crippen LogP contribution in [0.2, 0.25) is 0 Å². The first-order chi connectivity index (χ1) is 9.88. The summed E-state index contributed by atoms with van der Waals surface area (Å²) in [6.07, 6.45) is -4.45. The Kier molecular flexibility index (Phi) is 6.44. The van der Waals surface area contributed by atoms with Crippen LogP contribution in [0.25, 0.3) is 0 Å². The van der Waals surface area contributed by atoms with Crippen LogP contribution in [0.3, 0.4) is 0 Å². The summed E-state index contributed by atoms with van der Waals surface area (Å²) in [6, 6.07) is 3.94.